The topological polar surface area (TPSA) is 110 Å². The van der Waals surface area contributed by atoms with Gasteiger partial charge >= 0.3 is 6.03 Å². The van der Waals surface area contributed by atoms with Gasteiger partial charge in [0.25, 0.3) is 0 Å². The molecule has 3 amide bonds. The summed E-state index contributed by atoms with van der Waals surface area (Å²) >= 11 is 0. The molecule has 0 saturated heterocycles. The van der Waals surface area contributed by atoms with E-state index in [-0.39, 0.29) is 24.3 Å². The van der Waals surface area contributed by atoms with E-state index in [2.05, 4.69) is 10.6 Å². The smallest absolute Gasteiger partial charge is 0.325 e. The molecule has 2 unspecified atom stereocenters. The van der Waals surface area contributed by atoms with Gasteiger partial charge < -0.3 is 16.8 Å². The van der Waals surface area contributed by atoms with Gasteiger partial charge in [-0.15, -0.1) is 0 Å². The van der Waals surface area contributed by atoms with E-state index in [1.54, 1.807) is 36.4 Å². The molecule has 24 heavy (non-hydrogen) atoms. The standard InChI is InChI=1S/C18H22N4O2/c1-12(19)16(13-7-9-14(20)10-8-13)11-17(23)22-18(24)21-15-5-3-2-4-6-15/h2-10,12,16H,11,19-20H2,1H3,(H2,21,22,23,24). The molecule has 126 valence electrons. The van der Waals surface area contributed by atoms with E-state index in [0.29, 0.717) is 11.4 Å². The number of nitrogens with one attached hydrogen (secondary N) is 2. The Morgan fingerprint density at radius 1 is 1.04 bits per heavy atom. The maximum atomic E-state index is 12.1. The van der Waals surface area contributed by atoms with Crippen LogP contribution in [-0.2, 0) is 4.79 Å². The van der Waals surface area contributed by atoms with E-state index in [1.807, 2.05) is 25.1 Å². The molecule has 2 aromatic carbocycles. The number of rotatable bonds is 5. The van der Waals surface area contributed by atoms with E-state index in [4.69, 9.17) is 11.5 Å². The first-order chi connectivity index (χ1) is 11.5. The lowest BCUT2D eigenvalue weighted by molar-refractivity contribution is -0.120. The van der Waals surface area contributed by atoms with Crippen LogP contribution >= 0.6 is 0 Å². The molecule has 6 nitrogen and oxygen atoms in total. The lowest BCUT2D eigenvalue weighted by Gasteiger charge is -2.21. The molecule has 2 rings (SSSR count). The number of nitrogens with two attached hydrogens (primary N) is 2. The highest BCUT2D eigenvalue weighted by Crippen LogP contribution is 2.23. The number of hydrogen-bond acceptors (Lipinski definition) is 4. The number of hydrogen-bond donors (Lipinski definition) is 4. The number of nitrogen functional groups attached to an aromatic ring is 1. The second-order valence-corrected chi connectivity index (χ2v) is 5.70. The summed E-state index contributed by atoms with van der Waals surface area (Å²) in [6, 6.07) is 15.3. The fraction of sp³-hybridized carbons (Fsp3) is 0.222. The summed E-state index contributed by atoms with van der Waals surface area (Å²) in [6.45, 7) is 1.83. The molecule has 6 N–H and O–H groups in total. The zero-order valence-corrected chi connectivity index (χ0v) is 13.5. The molecule has 0 aromatic heterocycles. The number of carbonyl (C=O) groups is 2. The van der Waals surface area contributed by atoms with Crippen LogP contribution in [-0.4, -0.2) is 18.0 Å². The molecule has 0 fully saturated rings. The summed E-state index contributed by atoms with van der Waals surface area (Å²) in [7, 11) is 0. The van der Waals surface area contributed by atoms with Crippen LogP contribution in [0.3, 0.4) is 0 Å². The quantitative estimate of drug-likeness (QED) is 0.632. The van der Waals surface area contributed by atoms with Crippen LogP contribution in [0.5, 0.6) is 0 Å². The third-order valence-electron chi connectivity index (χ3n) is 3.69. The van der Waals surface area contributed by atoms with Crippen LogP contribution in [0.2, 0.25) is 0 Å². The molecule has 0 aliphatic carbocycles. The van der Waals surface area contributed by atoms with Gasteiger partial charge in [0.05, 0.1) is 0 Å². The van der Waals surface area contributed by atoms with Gasteiger partial charge in [0.15, 0.2) is 0 Å². The summed E-state index contributed by atoms with van der Waals surface area (Å²) in [5.41, 5.74) is 13.9. The van der Waals surface area contributed by atoms with Crippen LogP contribution in [0, 0.1) is 0 Å². The molecule has 0 radical (unpaired) electrons. The van der Waals surface area contributed by atoms with Gasteiger partial charge in [-0.1, -0.05) is 30.3 Å². The molecule has 0 aliphatic rings. The molecule has 0 heterocycles. The summed E-state index contributed by atoms with van der Waals surface area (Å²) in [6.07, 6.45) is 0.115. The van der Waals surface area contributed by atoms with Crippen molar-refractivity contribution in [1.29, 1.82) is 0 Å². The van der Waals surface area contributed by atoms with Gasteiger partial charge in [-0.05, 0) is 36.8 Å². The largest absolute Gasteiger partial charge is 0.399 e. The molecular formula is C18H22N4O2. The average molecular weight is 326 g/mol. The molecule has 0 aliphatic heterocycles. The van der Waals surface area contributed by atoms with Crippen LogP contribution in [0.4, 0.5) is 16.2 Å². The monoisotopic (exact) mass is 326 g/mol. The van der Waals surface area contributed by atoms with Gasteiger partial charge in [0, 0.05) is 29.8 Å². The Morgan fingerprint density at radius 2 is 1.67 bits per heavy atom. The summed E-state index contributed by atoms with van der Waals surface area (Å²) < 4.78 is 0. The van der Waals surface area contributed by atoms with E-state index in [0.717, 1.165) is 5.56 Å². The fourth-order valence-electron chi connectivity index (χ4n) is 2.41. The van der Waals surface area contributed by atoms with E-state index >= 15 is 0 Å². The maximum absolute atomic E-state index is 12.1. The van der Waals surface area contributed by atoms with Crippen LogP contribution in [0.25, 0.3) is 0 Å². The Bertz CT molecular complexity index is 684. The second kappa shape index (κ2) is 8.12. The third-order valence-corrected chi connectivity index (χ3v) is 3.69. The summed E-state index contributed by atoms with van der Waals surface area (Å²) in [5.74, 6) is -0.585. The highest BCUT2D eigenvalue weighted by Gasteiger charge is 2.21. The molecule has 0 bridgehead atoms. The Labute approximate surface area is 141 Å². The zero-order valence-electron chi connectivity index (χ0n) is 13.5. The van der Waals surface area contributed by atoms with Crippen molar-refractivity contribution in [1.82, 2.24) is 5.32 Å². The number of urea groups is 1. The van der Waals surface area contributed by atoms with E-state index in [9.17, 15) is 9.59 Å². The fourth-order valence-corrected chi connectivity index (χ4v) is 2.41. The van der Waals surface area contributed by atoms with Crippen molar-refractivity contribution < 1.29 is 9.59 Å². The van der Waals surface area contributed by atoms with Gasteiger partial charge in [-0.25, -0.2) is 4.79 Å². The van der Waals surface area contributed by atoms with Crippen molar-refractivity contribution in [2.75, 3.05) is 11.1 Å². The number of carbonyl (C=O) groups excluding carboxylic acids is 2. The lowest BCUT2D eigenvalue weighted by Crippen LogP contribution is -2.37. The van der Waals surface area contributed by atoms with Crippen molar-refractivity contribution in [3.63, 3.8) is 0 Å². The molecule has 2 atom stereocenters. The summed E-state index contributed by atoms with van der Waals surface area (Å²) in [5, 5.41) is 4.93. The third kappa shape index (κ3) is 5.10. The van der Waals surface area contributed by atoms with Gasteiger partial charge in [0.2, 0.25) is 5.91 Å². The van der Waals surface area contributed by atoms with Crippen LogP contribution in [0.15, 0.2) is 54.6 Å². The zero-order chi connectivity index (χ0) is 17.5. The first kappa shape index (κ1) is 17.5. The predicted octanol–water partition coefficient (Wildman–Crippen LogP) is 2.44. The SMILES string of the molecule is CC(N)C(CC(=O)NC(=O)Nc1ccccc1)c1ccc(N)cc1. The maximum Gasteiger partial charge on any atom is 0.325 e. The van der Waals surface area contributed by atoms with Crippen molar-refractivity contribution in [3.8, 4) is 0 Å². The number of anilines is 2. The number of benzene rings is 2. The van der Waals surface area contributed by atoms with Crippen molar-refractivity contribution in [2.45, 2.75) is 25.3 Å². The molecule has 0 saturated carbocycles. The summed E-state index contributed by atoms with van der Waals surface area (Å²) in [4.78, 5) is 24.0. The minimum Gasteiger partial charge on any atom is -0.399 e. The second-order valence-electron chi connectivity index (χ2n) is 5.70. The number of imide groups is 1. The highest BCUT2D eigenvalue weighted by molar-refractivity contribution is 6.01. The normalized spacial score (nSPS) is 12.9. The Kier molecular flexibility index (Phi) is 5.92. The average Bonchev–Trinajstić information content (AvgIpc) is 2.54. The minimum absolute atomic E-state index is 0.115. The Balaban J connectivity index is 1.95. The van der Waals surface area contributed by atoms with Gasteiger partial charge in [-0.3, -0.25) is 10.1 Å². The van der Waals surface area contributed by atoms with Gasteiger partial charge in [-0.2, -0.15) is 0 Å². The Morgan fingerprint density at radius 3 is 2.25 bits per heavy atom. The van der Waals surface area contributed by atoms with Gasteiger partial charge in [0.1, 0.15) is 0 Å². The van der Waals surface area contributed by atoms with Crippen LogP contribution in [0.1, 0.15) is 24.8 Å². The first-order valence-corrected chi connectivity index (χ1v) is 7.72. The first-order valence-electron chi connectivity index (χ1n) is 7.72. The number of para-hydroxylation sites is 1. The molecule has 2 aromatic rings. The Hall–Kier alpha value is -2.86. The number of amides is 3. The van der Waals surface area contributed by atoms with Crippen molar-refractivity contribution in [2.24, 2.45) is 5.73 Å². The van der Waals surface area contributed by atoms with Crippen LogP contribution < -0.4 is 22.1 Å². The molecular weight excluding hydrogens is 304 g/mol. The minimum atomic E-state index is -0.563. The molecule has 0 spiro atoms. The highest BCUT2D eigenvalue weighted by atomic mass is 16.2. The van der Waals surface area contributed by atoms with Crippen molar-refractivity contribution in [3.05, 3.63) is 60.2 Å². The van der Waals surface area contributed by atoms with Crippen molar-refractivity contribution >= 4 is 23.3 Å². The molecule has 6 heteroatoms. The predicted molar refractivity (Wildman–Crippen MR) is 95.5 cm³/mol. The van der Waals surface area contributed by atoms with E-state index in [1.165, 1.54) is 0 Å². The lowest BCUT2D eigenvalue weighted by atomic mass is 9.89. The van der Waals surface area contributed by atoms with E-state index < -0.39 is 6.03 Å².